The van der Waals surface area contributed by atoms with Crippen molar-refractivity contribution in [3.63, 3.8) is 0 Å². The predicted octanol–water partition coefficient (Wildman–Crippen LogP) is 4.81. The van der Waals surface area contributed by atoms with Gasteiger partial charge in [0.2, 0.25) is 21.8 Å². The molecule has 9 heteroatoms. The summed E-state index contributed by atoms with van der Waals surface area (Å²) in [4.78, 5) is 28.8. The molecule has 1 N–H and O–H groups in total. The van der Waals surface area contributed by atoms with Crippen LogP contribution >= 0.6 is 0 Å². The number of rotatable bonds is 13. The van der Waals surface area contributed by atoms with Crippen LogP contribution in [-0.2, 0) is 26.2 Å². The molecule has 0 radical (unpaired) electrons. The molecule has 39 heavy (non-hydrogen) atoms. The minimum atomic E-state index is -3.58. The van der Waals surface area contributed by atoms with E-state index in [0.29, 0.717) is 30.8 Å². The average molecular weight is 558 g/mol. The van der Waals surface area contributed by atoms with Crippen LogP contribution in [0.4, 0.5) is 5.69 Å². The van der Waals surface area contributed by atoms with Gasteiger partial charge in [-0.05, 0) is 55.9 Å². The molecule has 1 saturated carbocycles. The number of carbonyl (C=O) groups excluding carboxylic acids is 2. The highest BCUT2D eigenvalue weighted by Gasteiger charge is 2.30. The number of nitrogens with zero attached hydrogens (tertiary/aromatic N) is 2. The first-order valence-corrected chi connectivity index (χ1v) is 15.7. The number of ether oxygens (including phenoxy) is 1. The first-order valence-electron chi connectivity index (χ1n) is 13.9. The van der Waals surface area contributed by atoms with Crippen LogP contribution in [0, 0.1) is 6.92 Å². The Morgan fingerprint density at radius 2 is 1.79 bits per heavy atom. The predicted molar refractivity (Wildman–Crippen MR) is 155 cm³/mol. The molecule has 8 nitrogen and oxygen atoms in total. The van der Waals surface area contributed by atoms with Crippen molar-refractivity contribution in [3.05, 3.63) is 59.7 Å². The van der Waals surface area contributed by atoms with E-state index in [2.05, 4.69) is 5.32 Å². The molecule has 214 valence electrons. The highest BCUT2D eigenvalue weighted by molar-refractivity contribution is 7.92. The Kier molecular flexibility index (Phi) is 11.2. The van der Waals surface area contributed by atoms with Gasteiger partial charge in [-0.1, -0.05) is 56.5 Å². The monoisotopic (exact) mass is 557 g/mol. The summed E-state index contributed by atoms with van der Waals surface area (Å²) in [5, 5.41) is 3.20. The van der Waals surface area contributed by atoms with E-state index in [-0.39, 0.29) is 30.8 Å². The maximum atomic E-state index is 13.7. The third kappa shape index (κ3) is 8.71. The zero-order valence-electron chi connectivity index (χ0n) is 23.7. The molecule has 3 rings (SSSR count). The van der Waals surface area contributed by atoms with Crippen molar-refractivity contribution in [1.29, 1.82) is 0 Å². The van der Waals surface area contributed by atoms with Crippen molar-refractivity contribution in [2.45, 2.75) is 83.8 Å². The van der Waals surface area contributed by atoms with Gasteiger partial charge in [0, 0.05) is 31.6 Å². The fourth-order valence-corrected chi connectivity index (χ4v) is 6.16. The first-order chi connectivity index (χ1) is 18.6. The smallest absolute Gasteiger partial charge is 0.243 e. The summed E-state index contributed by atoms with van der Waals surface area (Å²) in [5.41, 5.74) is 2.53. The van der Waals surface area contributed by atoms with Crippen LogP contribution in [0.2, 0.25) is 0 Å². The van der Waals surface area contributed by atoms with Crippen molar-refractivity contribution in [1.82, 2.24) is 10.2 Å². The lowest BCUT2D eigenvalue weighted by Gasteiger charge is -2.33. The average Bonchev–Trinajstić information content (AvgIpc) is 2.91. The van der Waals surface area contributed by atoms with Gasteiger partial charge in [0.25, 0.3) is 0 Å². The molecule has 0 spiro atoms. The Labute approximate surface area is 233 Å². The number of anilines is 1. The Bertz CT molecular complexity index is 1210. The quantitative estimate of drug-likeness (QED) is 0.382. The Balaban J connectivity index is 1.77. The SMILES string of the molecule is CC[C@H](C(=O)NC1CCCCC1)N(Cc1ccccc1C)C(=O)CCCN(c1cccc(OC)c1)S(C)(=O)=O. The van der Waals surface area contributed by atoms with Gasteiger partial charge < -0.3 is 15.0 Å². The van der Waals surface area contributed by atoms with Crippen molar-refractivity contribution >= 4 is 27.5 Å². The van der Waals surface area contributed by atoms with Crippen molar-refractivity contribution < 1.29 is 22.7 Å². The summed E-state index contributed by atoms with van der Waals surface area (Å²) in [7, 11) is -2.05. The number of aryl methyl sites for hydroxylation is 1. The zero-order chi connectivity index (χ0) is 28.4. The Morgan fingerprint density at radius 3 is 2.44 bits per heavy atom. The number of sulfonamides is 1. The van der Waals surface area contributed by atoms with Crippen LogP contribution in [0.25, 0.3) is 0 Å². The minimum Gasteiger partial charge on any atom is -0.497 e. The molecule has 1 aliphatic carbocycles. The molecular weight excluding hydrogens is 514 g/mol. The maximum Gasteiger partial charge on any atom is 0.243 e. The van der Waals surface area contributed by atoms with Gasteiger partial charge in [-0.25, -0.2) is 8.42 Å². The molecule has 0 saturated heterocycles. The number of amides is 2. The van der Waals surface area contributed by atoms with E-state index in [4.69, 9.17) is 4.74 Å². The van der Waals surface area contributed by atoms with E-state index in [1.54, 1.807) is 29.2 Å². The van der Waals surface area contributed by atoms with E-state index in [1.165, 1.54) is 17.8 Å². The molecule has 1 fully saturated rings. The zero-order valence-corrected chi connectivity index (χ0v) is 24.5. The van der Waals surface area contributed by atoms with Gasteiger partial charge in [0.1, 0.15) is 11.8 Å². The number of benzene rings is 2. The molecule has 1 aliphatic rings. The number of methoxy groups -OCH3 is 1. The van der Waals surface area contributed by atoms with Crippen LogP contribution in [0.5, 0.6) is 5.75 Å². The van der Waals surface area contributed by atoms with Crippen LogP contribution < -0.4 is 14.4 Å². The van der Waals surface area contributed by atoms with Crippen LogP contribution in [0.1, 0.15) is 69.4 Å². The van der Waals surface area contributed by atoms with E-state index in [0.717, 1.165) is 43.1 Å². The minimum absolute atomic E-state index is 0.111. The third-order valence-electron chi connectivity index (χ3n) is 7.43. The number of nitrogens with one attached hydrogen (secondary N) is 1. The van der Waals surface area contributed by atoms with Crippen LogP contribution in [0.15, 0.2) is 48.5 Å². The van der Waals surface area contributed by atoms with E-state index >= 15 is 0 Å². The molecule has 0 aromatic heterocycles. The highest BCUT2D eigenvalue weighted by Crippen LogP contribution is 2.24. The summed E-state index contributed by atoms with van der Waals surface area (Å²) in [6, 6.07) is 14.3. The molecule has 0 aliphatic heterocycles. The summed E-state index contributed by atoms with van der Waals surface area (Å²) >= 11 is 0. The van der Waals surface area contributed by atoms with Crippen molar-refractivity contribution in [3.8, 4) is 5.75 Å². The standard InChI is InChI=1S/C30H43N3O5S/c1-5-28(30(35)31-25-15-7-6-8-16-25)32(22-24-14-10-9-13-23(24)2)29(34)19-12-20-33(39(4,36)37)26-17-11-18-27(21-26)38-3/h9-11,13-14,17-18,21,25,28H,5-8,12,15-16,19-20,22H2,1-4H3,(H,31,35)/t28-/m1/s1. The number of carbonyl (C=O) groups is 2. The lowest BCUT2D eigenvalue weighted by Crippen LogP contribution is -2.51. The van der Waals surface area contributed by atoms with Crippen LogP contribution in [0.3, 0.4) is 0 Å². The maximum absolute atomic E-state index is 13.7. The molecule has 1 atom stereocenters. The van der Waals surface area contributed by atoms with Gasteiger partial charge in [-0.3, -0.25) is 13.9 Å². The summed E-state index contributed by atoms with van der Waals surface area (Å²) in [6.45, 7) is 4.39. The van der Waals surface area contributed by atoms with Gasteiger partial charge in [-0.15, -0.1) is 0 Å². The second-order valence-corrected chi connectivity index (χ2v) is 12.3. The molecule has 2 aromatic rings. The van der Waals surface area contributed by atoms with Gasteiger partial charge in [0.15, 0.2) is 0 Å². The molecule has 2 aromatic carbocycles. The van der Waals surface area contributed by atoms with Gasteiger partial charge >= 0.3 is 0 Å². The summed E-state index contributed by atoms with van der Waals surface area (Å²) in [5.74, 6) is 0.278. The summed E-state index contributed by atoms with van der Waals surface area (Å²) in [6.07, 6.45) is 7.44. The molecular formula is C30H43N3O5S. The molecule has 0 bridgehead atoms. The molecule has 2 amide bonds. The van der Waals surface area contributed by atoms with Crippen LogP contribution in [-0.4, -0.2) is 57.1 Å². The van der Waals surface area contributed by atoms with E-state index < -0.39 is 16.1 Å². The Morgan fingerprint density at radius 1 is 1.08 bits per heavy atom. The third-order valence-corrected chi connectivity index (χ3v) is 8.63. The second kappa shape index (κ2) is 14.4. The molecule has 0 heterocycles. The summed E-state index contributed by atoms with van der Waals surface area (Å²) < 4.78 is 31.7. The van der Waals surface area contributed by atoms with Gasteiger partial charge in [0.05, 0.1) is 19.1 Å². The highest BCUT2D eigenvalue weighted by atomic mass is 32.2. The van der Waals surface area contributed by atoms with Crippen molar-refractivity contribution in [2.75, 3.05) is 24.2 Å². The van der Waals surface area contributed by atoms with Crippen molar-refractivity contribution in [2.24, 2.45) is 0 Å². The second-order valence-electron chi connectivity index (χ2n) is 10.4. The Hall–Kier alpha value is -3.07. The van der Waals surface area contributed by atoms with E-state index in [1.807, 2.05) is 38.1 Å². The lowest BCUT2D eigenvalue weighted by atomic mass is 9.95. The normalized spacial score (nSPS) is 14.9. The molecule has 0 unspecified atom stereocenters. The topological polar surface area (TPSA) is 96.0 Å². The van der Waals surface area contributed by atoms with E-state index in [9.17, 15) is 18.0 Å². The number of hydrogen-bond acceptors (Lipinski definition) is 5. The van der Waals surface area contributed by atoms with Gasteiger partial charge in [-0.2, -0.15) is 0 Å². The first kappa shape index (κ1) is 30.5. The largest absolute Gasteiger partial charge is 0.497 e. The fourth-order valence-electron chi connectivity index (χ4n) is 5.20. The number of hydrogen-bond donors (Lipinski definition) is 1. The lowest BCUT2D eigenvalue weighted by molar-refractivity contribution is -0.141. The fraction of sp³-hybridized carbons (Fsp3) is 0.533.